The quantitative estimate of drug-likeness (QED) is 0.872. The Morgan fingerprint density at radius 2 is 2.00 bits per heavy atom. The van der Waals surface area contributed by atoms with E-state index in [1.165, 1.54) is 11.8 Å². The number of thioether (sulfide) groups is 1. The number of tetrazole rings is 1. The Morgan fingerprint density at radius 3 is 2.71 bits per heavy atom. The van der Waals surface area contributed by atoms with Crippen LogP contribution in [0.4, 0.5) is 0 Å². The van der Waals surface area contributed by atoms with Gasteiger partial charge in [-0.25, -0.2) is 0 Å². The van der Waals surface area contributed by atoms with Crippen LogP contribution in [0.1, 0.15) is 36.8 Å². The van der Waals surface area contributed by atoms with E-state index in [-0.39, 0.29) is 5.25 Å². The number of hydrogen-bond donors (Lipinski definition) is 0. The van der Waals surface area contributed by atoms with E-state index >= 15 is 0 Å². The van der Waals surface area contributed by atoms with Crippen molar-refractivity contribution >= 4 is 17.5 Å². The van der Waals surface area contributed by atoms with Crippen molar-refractivity contribution in [1.82, 2.24) is 20.2 Å². The molecule has 6 heteroatoms. The number of carbonyl (C=O) groups is 1. The number of rotatable bonds is 3. The first-order valence-electron chi connectivity index (χ1n) is 7.21. The maximum atomic E-state index is 12.0. The monoisotopic (exact) mass is 302 g/mol. The van der Waals surface area contributed by atoms with Gasteiger partial charge in [0.25, 0.3) is 0 Å². The molecule has 1 saturated carbocycles. The maximum absolute atomic E-state index is 12.0. The van der Waals surface area contributed by atoms with Crippen molar-refractivity contribution in [1.29, 1.82) is 0 Å². The lowest BCUT2D eigenvalue weighted by molar-refractivity contribution is -0.119. The van der Waals surface area contributed by atoms with E-state index in [1.807, 2.05) is 32.0 Å². The molecule has 0 radical (unpaired) electrons. The second kappa shape index (κ2) is 5.97. The highest BCUT2D eigenvalue weighted by molar-refractivity contribution is 8.00. The van der Waals surface area contributed by atoms with Crippen molar-refractivity contribution in [2.24, 2.45) is 0 Å². The number of nitrogens with zero attached hydrogens (tertiary/aromatic N) is 4. The number of Topliss-reactive ketones (excluding diaryl/α,β-unsaturated/α-hetero) is 1. The van der Waals surface area contributed by atoms with E-state index in [1.54, 1.807) is 4.68 Å². The van der Waals surface area contributed by atoms with E-state index in [0.29, 0.717) is 17.4 Å². The molecule has 1 aromatic carbocycles. The Balaban J connectivity index is 1.92. The molecule has 3 rings (SSSR count). The zero-order chi connectivity index (χ0) is 14.8. The third-order valence-corrected chi connectivity index (χ3v) is 5.09. The van der Waals surface area contributed by atoms with Gasteiger partial charge in [0.05, 0.1) is 10.9 Å². The number of aryl methyl sites for hydroxylation is 2. The van der Waals surface area contributed by atoms with Gasteiger partial charge >= 0.3 is 0 Å². The Kier molecular flexibility index (Phi) is 4.05. The molecule has 0 spiro atoms. The van der Waals surface area contributed by atoms with Crippen LogP contribution in [0.15, 0.2) is 23.4 Å². The van der Waals surface area contributed by atoms with Crippen LogP contribution in [0.3, 0.4) is 0 Å². The van der Waals surface area contributed by atoms with Crippen LogP contribution in [-0.4, -0.2) is 31.2 Å². The molecular weight excluding hydrogens is 284 g/mol. The van der Waals surface area contributed by atoms with Gasteiger partial charge < -0.3 is 0 Å². The molecule has 21 heavy (non-hydrogen) atoms. The Hall–Kier alpha value is -1.69. The molecule has 0 unspecified atom stereocenters. The van der Waals surface area contributed by atoms with Crippen LogP contribution in [0, 0.1) is 13.8 Å². The van der Waals surface area contributed by atoms with Gasteiger partial charge in [-0.05, 0) is 48.2 Å². The van der Waals surface area contributed by atoms with Gasteiger partial charge in [0, 0.05) is 6.42 Å². The highest BCUT2D eigenvalue weighted by Gasteiger charge is 2.26. The van der Waals surface area contributed by atoms with E-state index in [9.17, 15) is 4.79 Å². The highest BCUT2D eigenvalue weighted by Crippen LogP contribution is 2.32. The van der Waals surface area contributed by atoms with Crippen LogP contribution in [-0.2, 0) is 4.79 Å². The van der Waals surface area contributed by atoms with Crippen molar-refractivity contribution in [3.63, 3.8) is 0 Å². The molecule has 1 atom stereocenters. The minimum absolute atomic E-state index is 0.00664. The lowest BCUT2D eigenvalue weighted by Gasteiger charge is -2.19. The van der Waals surface area contributed by atoms with Gasteiger partial charge in [-0.2, -0.15) is 4.68 Å². The lowest BCUT2D eigenvalue weighted by Crippen LogP contribution is -2.22. The summed E-state index contributed by atoms with van der Waals surface area (Å²) in [4.78, 5) is 12.0. The summed E-state index contributed by atoms with van der Waals surface area (Å²) in [7, 11) is 0. The van der Waals surface area contributed by atoms with E-state index in [2.05, 4.69) is 15.5 Å². The average molecular weight is 302 g/mol. The zero-order valence-corrected chi connectivity index (χ0v) is 13.1. The molecule has 2 aromatic rings. The molecule has 5 nitrogen and oxygen atoms in total. The Bertz CT molecular complexity index is 647. The molecule has 1 heterocycles. The molecule has 1 fully saturated rings. The minimum Gasteiger partial charge on any atom is -0.298 e. The molecular formula is C15H18N4OS. The summed E-state index contributed by atoms with van der Waals surface area (Å²) in [5.74, 6) is 0.322. The zero-order valence-electron chi connectivity index (χ0n) is 12.2. The molecule has 0 N–H and O–H groups in total. The number of ketones is 1. The van der Waals surface area contributed by atoms with Gasteiger partial charge in [-0.3, -0.25) is 4.79 Å². The lowest BCUT2D eigenvalue weighted by atomic mass is 9.99. The summed E-state index contributed by atoms with van der Waals surface area (Å²) >= 11 is 1.50. The fourth-order valence-electron chi connectivity index (χ4n) is 2.74. The van der Waals surface area contributed by atoms with Gasteiger partial charge in [-0.1, -0.05) is 36.4 Å². The van der Waals surface area contributed by atoms with Crippen molar-refractivity contribution < 1.29 is 4.79 Å². The molecule has 0 aliphatic heterocycles. The van der Waals surface area contributed by atoms with Crippen molar-refractivity contribution in [2.75, 3.05) is 0 Å². The first-order chi connectivity index (χ1) is 10.2. The maximum Gasteiger partial charge on any atom is 0.214 e. The largest absolute Gasteiger partial charge is 0.298 e. The van der Waals surface area contributed by atoms with Gasteiger partial charge in [0.15, 0.2) is 0 Å². The molecule has 1 aliphatic rings. The van der Waals surface area contributed by atoms with Crippen molar-refractivity contribution in [3.05, 3.63) is 29.3 Å². The topological polar surface area (TPSA) is 60.7 Å². The fourth-order valence-corrected chi connectivity index (χ4v) is 3.83. The predicted octanol–water partition coefficient (Wildman–Crippen LogP) is 2.88. The van der Waals surface area contributed by atoms with E-state index < -0.39 is 0 Å². The van der Waals surface area contributed by atoms with Crippen LogP contribution in [0.5, 0.6) is 0 Å². The number of aromatic nitrogens is 4. The summed E-state index contributed by atoms with van der Waals surface area (Å²) in [5.41, 5.74) is 3.26. The predicted molar refractivity (Wildman–Crippen MR) is 81.7 cm³/mol. The van der Waals surface area contributed by atoms with Crippen LogP contribution < -0.4 is 0 Å². The first-order valence-corrected chi connectivity index (χ1v) is 8.09. The standard InChI is InChI=1S/C15H18N4OS/c1-10-6-5-7-11(2)14(10)19-15(16-17-18-19)21-13-9-4-3-8-12(13)20/h5-7,13H,3-4,8-9H2,1-2H3/t13-/m0/s1. The summed E-state index contributed by atoms with van der Waals surface area (Å²) in [6, 6.07) is 6.12. The van der Waals surface area contributed by atoms with Gasteiger partial charge in [-0.15, -0.1) is 5.10 Å². The Labute approximate surface area is 128 Å². The van der Waals surface area contributed by atoms with Crippen LogP contribution >= 0.6 is 11.8 Å². The summed E-state index contributed by atoms with van der Waals surface area (Å²) in [5, 5.41) is 12.7. The third kappa shape index (κ3) is 2.85. The SMILES string of the molecule is Cc1cccc(C)c1-n1nnnc1S[C@H]1CCCCC1=O. The van der Waals surface area contributed by atoms with Crippen molar-refractivity contribution in [2.45, 2.75) is 49.9 Å². The Morgan fingerprint density at radius 1 is 1.24 bits per heavy atom. The minimum atomic E-state index is -0.00664. The second-order valence-electron chi connectivity index (χ2n) is 5.43. The highest BCUT2D eigenvalue weighted by atomic mass is 32.2. The third-order valence-electron chi connectivity index (χ3n) is 3.84. The summed E-state index contributed by atoms with van der Waals surface area (Å²) in [6.07, 6.45) is 3.72. The summed E-state index contributed by atoms with van der Waals surface area (Å²) < 4.78 is 1.76. The normalized spacial score (nSPS) is 19.0. The second-order valence-corrected chi connectivity index (χ2v) is 6.60. The number of hydrogen-bond acceptors (Lipinski definition) is 5. The van der Waals surface area contributed by atoms with Crippen molar-refractivity contribution in [3.8, 4) is 5.69 Å². The van der Waals surface area contributed by atoms with Crippen LogP contribution in [0.25, 0.3) is 5.69 Å². The first kappa shape index (κ1) is 14.3. The average Bonchev–Trinajstić information content (AvgIpc) is 2.89. The molecule has 1 aliphatic carbocycles. The molecule has 0 saturated heterocycles. The molecule has 0 bridgehead atoms. The molecule has 1 aromatic heterocycles. The fraction of sp³-hybridized carbons (Fsp3) is 0.467. The number of carbonyl (C=O) groups excluding carboxylic acids is 1. The molecule has 0 amide bonds. The number of para-hydroxylation sites is 1. The van der Waals surface area contributed by atoms with Gasteiger partial charge in [0.2, 0.25) is 5.16 Å². The summed E-state index contributed by atoms with van der Waals surface area (Å²) in [6.45, 7) is 4.09. The molecule has 110 valence electrons. The van der Waals surface area contributed by atoms with E-state index in [4.69, 9.17) is 0 Å². The van der Waals surface area contributed by atoms with Gasteiger partial charge in [0.1, 0.15) is 5.78 Å². The number of benzene rings is 1. The van der Waals surface area contributed by atoms with Crippen LogP contribution in [0.2, 0.25) is 0 Å². The smallest absolute Gasteiger partial charge is 0.214 e. The van der Waals surface area contributed by atoms with E-state index in [0.717, 1.165) is 36.1 Å².